The zero-order chi connectivity index (χ0) is 13.0. The molecule has 1 aromatic heterocycles. The van der Waals surface area contributed by atoms with E-state index in [1.54, 1.807) is 0 Å². The summed E-state index contributed by atoms with van der Waals surface area (Å²) >= 11 is 1.47. The molecule has 2 rings (SSSR count). The Balaban J connectivity index is 2.04. The van der Waals surface area contributed by atoms with E-state index < -0.39 is 0 Å². The lowest BCUT2D eigenvalue weighted by Gasteiger charge is -2.02. The third kappa shape index (κ3) is 3.00. The highest BCUT2D eigenvalue weighted by Gasteiger charge is 2.09. The molecule has 0 saturated heterocycles. The van der Waals surface area contributed by atoms with Crippen molar-refractivity contribution < 1.29 is 9.53 Å². The van der Waals surface area contributed by atoms with E-state index in [4.69, 9.17) is 10.5 Å². The van der Waals surface area contributed by atoms with Gasteiger partial charge in [0.05, 0.1) is 11.5 Å². The van der Waals surface area contributed by atoms with Crippen molar-refractivity contribution in [3.8, 4) is 0 Å². The predicted molar refractivity (Wildman–Crippen MR) is 75.1 cm³/mol. The molecule has 0 spiro atoms. The first-order valence-electron chi connectivity index (χ1n) is 5.85. The van der Waals surface area contributed by atoms with E-state index in [1.807, 2.05) is 31.2 Å². The SMILES string of the molecule is CCOCCNC(=O)c1cc2cc(N)ccc2s1. The largest absolute Gasteiger partial charge is 0.399 e. The van der Waals surface area contributed by atoms with Crippen LogP contribution < -0.4 is 11.1 Å². The van der Waals surface area contributed by atoms with E-state index >= 15 is 0 Å². The highest BCUT2D eigenvalue weighted by atomic mass is 32.1. The van der Waals surface area contributed by atoms with Crippen molar-refractivity contribution in [3.63, 3.8) is 0 Å². The summed E-state index contributed by atoms with van der Waals surface area (Å²) in [4.78, 5) is 12.6. The molecule has 0 unspecified atom stereocenters. The number of benzene rings is 1. The maximum Gasteiger partial charge on any atom is 0.261 e. The summed E-state index contributed by atoms with van der Waals surface area (Å²) in [6.45, 7) is 3.67. The number of fused-ring (bicyclic) bond motifs is 1. The minimum atomic E-state index is -0.0607. The van der Waals surface area contributed by atoms with Gasteiger partial charge in [0.2, 0.25) is 0 Å². The topological polar surface area (TPSA) is 64.3 Å². The van der Waals surface area contributed by atoms with Gasteiger partial charge >= 0.3 is 0 Å². The van der Waals surface area contributed by atoms with E-state index in [0.717, 1.165) is 10.1 Å². The van der Waals surface area contributed by atoms with E-state index in [1.165, 1.54) is 11.3 Å². The van der Waals surface area contributed by atoms with E-state index in [0.29, 0.717) is 30.3 Å². The normalized spacial score (nSPS) is 10.7. The number of nitrogens with one attached hydrogen (secondary N) is 1. The molecule has 5 heteroatoms. The molecule has 18 heavy (non-hydrogen) atoms. The minimum Gasteiger partial charge on any atom is -0.399 e. The molecule has 1 heterocycles. The van der Waals surface area contributed by atoms with Crippen LogP contribution in [0.2, 0.25) is 0 Å². The van der Waals surface area contributed by atoms with Crippen molar-refractivity contribution in [2.24, 2.45) is 0 Å². The third-order valence-electron chi connectivity index (χ3n) is 2.50. The smallest absolute Gasteiger partial charge is 0.261 e. The average Bonchev–Trinajstić information content (AvgIpc) is 2.77. The van der Waals surface area contributed by atoms with E-state index in [-0.39, 0.29) is 5.91 Å². The van der Waals surface area contributed by atoms with Crippen molar-refractivity contribution in [2.75, 3.05) is 25.5 Å². The standard InChI is InChI=1S/C13H16N2O2S/c1-2-17-6-5-15-13(16)12-8-9-7-10(14)3-4-11(9)18-12/h3-4,7-8H,2,5-6,14H2,1H3,(H,15,16). The Kier molecular flexibility index (Phi) is 4.17. The zero-order valence-corrected chi connectivity index (χ0v) is 11.0. The van der Waals surface area contributed by atoms with Gasteiger partial charge < -0.3 is 15.8 Å². The first-order chi connectivity index (χ1) is 8.70. The molecular weight excluding hydrogens is 248 g/mol. The Morgan fingerprint density at radius 2 is 2.28 bits per heavy atom. The van der Waals surface area contributed by atoms with Crippen LogP contribution in [0.5, 0.6) is 0 Å². The van der Waals surface area contributed by atoms with Gasteiger partial charge in [-0.1, -0.05) is 0 Å². The Hall–Kier alpha value is -1.59. The average molecular weight is 264 g/mol. The number of carbonyl (C=O) groups is 1. The molecule has 3 N–H and O–H groups in total. The van der Waals surface area contributed by atoms with Gasteiger partial charge in [-0.25, -0.2) is 0 Å². The number of rotatable bonds is 5. The summed E-state index contributed by atoms with van der Waals surface area (Å²) in [5.74, 6) is -0.0607. The monoisotopic (exact) mass is 264 g/mol. The maximum absolute atomic E-state index is 11.9. The molecule has 0 radical (unpaired) electrons. The fourth-order valence-corrected chi connectivity index (χ4v) is 2.60. The van der Waals surface area contributed by atoms with Crippen LogP contribution in [-0.4, -0.2) is 25.7 Å². The van der Waals surface area contributed by atoms with Gasteiger partial charge in [0, 0.05) is 23.5 Å². The molecule has 0 fully saturated rings. The molecule has 96 valence electrons. The number of nitrogens with two attached hydrogens (primary N) is 1. The van der Waals surface area contributed by atoms with Gasteiger partial charge in [-0.2, -0.15) is 0 Å². The first-order valence-corrected chi connectivity index (χ1v) is 6.67. The van der Waals surface area contributed by atoms with E-state index in [2.05, 4.69) is 5.32 Å². The number of thiophene rings is 1. The molecule has 4 nitrogen and oxygen atoms in total. The maximum atomic E-state index is 11.9. The number of hydrogen-bond acceptors (Lipinski definition) is 4. The molecule has 0 saturated carbocycles. The summed E-state index contributed by atoms with van der Waals surface area (Å²) in [6.07, 6.45) is 0. The molecule has 0 aliphatic rings. The Bertz CT molecular complexity index is 551. The highest BCUT2D eigenvalue weighted by molar-refractivity contribution is 7.20. The number of amides is 1. The van der Waals surface area contributed by atoms with Crippen LogP contribution in [-0.2, 0) is 4.74 Å². The number of nitrogen functional groups attached to an aromatic ring is 1. The van der Waals surface area contributed by atoms with Crippen LogP contribution in [0.15, 0.2) is 24.3 Å². The quantitative estimate of drug-likeness (QED) is 0.643. The Morgan fingerprint density at radius 3 is 3.06 bits per heavy atom. The van der Waals surface area contributed by atoms with Crippen LogP contribution in [0.25, 0.3) is 10.1 Å². The molecular formula is C13H16N2O2S. The van der Waals surface area contributed by atoms with Gasteiger partial charge in [-0.05, 0) is 36.6 Å². The van der Waals surface area contributed by atoms with Gasteiger partial charge in [-0.3, -0.25) is 4.79 Å². The van der Waals surface area contributed by atoms with Gasteiger partial charge in [0.15, 0.2) is 0 Å². The molecule has 2 aromatic rings. The number of carbonyl (C=O) groups excluding carboxylic acids is 1. The Morgan fingerprint density at radius 1 is 1.44 bits per heavy atom. The summed E-state index contributed by atoms with van der Waals surface area (Å²) < 4.78 is 6.24. The van der Waals surface area contributed by atoms with Crippen LogP contribution in [0, 0.1) is 0 Å². The lowest BCUT2D eigenvalue weighted by Crippen LogP contribution is -2.26. The third-order valence-corrected chi connectivity index (χ3v) is 3.62. The molecule has 1 amide bonds. The van der Waals surface area contributed by atoms with Gasteiger partial charge in [0.1, 0.15) is 0 Å². The Labute approximate surface area is 110 Å². The lowest BCUT2D eigenvalue weighted by atomic mass is 10.2. The second kappa shape index (κ2) is 5.84. The summed E-state index contributed by atoms with van der Waals surface area (Å²) in [7, 11) is 0. The molecule has 0 bridgehead atoms. The second-order valence-electron chi connectivity index (χ2n) is 3.86. The first kappa shape index (κ1) is 12.9. The van der Waals surface area contributed by atoms with Crippen molar-refractivity contribution in [3.05, 3.63) is 29.1 Å². The minimum absolute atomic E-state index is 0.0607. The van der Waals surface area contributed by atoms with Crippen molar-refractivity contribution in [1.82, 2.24) is 5.32 Å². The molecule has 0 aliphatic heterocycles. The number of ether oxygens (including phenoxy) is 1. The van der Waals surface area contributed by atoms with Gasteiger partial charge in [0.25, 0.3) is 5.91 Å². The number of hydrogen-bond donors (Lipinski definition) is 2. The van der Waals surface area contributed by atoms with Crippen LogP contribution in [0.1, 0.15) is 16.6 Å². The van der Waals surface area contributed by atoms with Crippen LogP contribution >= 0.6 is 11.3 Å². The molecule has 0 atom stereocenters. The zero-order valence-electron chi connectivity index (χ0n) is 10.2. The second-order valence-corrected chi connectivity index (χ2v) is 4.94. The summed E-state index contributed by atoms with van der Waals surface area (Å²) in [6, 6.07) is 7.52. The summed E-state index contributed by atoms with van der Waals surface area (Å²) in [5, 5.41) is 3.83. The fraction of sp³-hybridized carbons (Fsp3) is 0.308. The number of anilines is 1. The van der Waals surface area contributed by atoms with E-state index in [9.17, 15) is 4.79 Å². The van der Waals surface area contributed by atoms with Crippen molar-refractivity contribution in [1.29, 1.82) is 0 Å². The fourth-order valence-electron chi connectivity index (χ4n) is 1.64. The van der Waals surface area contributed by atoms with Crippen molar-refractivity contribution >= 4 is 33.0 Å². The van der Waals surface area contributed by atoms with Gasteiger partial charge in [-0.15, -0.1) is 11.3 Å². The molecule has 1 aromatic carbocycles. The molecule has 0 aliphatic carbocycles. The summed E-state index contributed by atoms with van der Waals surface area (Å²) in [5.41, 5.74) is 6.42. The predicted octanol–water partition coefficient (Wildman–Crippen LogP) is 2.25. The van der Waals surface area contributed by atoms with Crippen LogP contribution in [0.4, 0.5) is 5.69 Å². The van der Waals surface area contributed by atoms with Crippen molar-refractivity contribution in [2.45, 2.75) is 6.92 Å². The van der Waals surface area contributed by atoms with Crippen LogP contribution in [0.3, 0.4) is 0 Å². The highest BCUT2D eigenvalue weighted by Crippen LogP contribution is 2.27. The lowest BCUT2D eigenvalue weighted by molar-refractivity contribution is 0.0926.